The zero-order chi connectivity index (χ0) is 18.3. The number of ether oxygens (including phenoxy) is 2. The van der Waals surface area contributed by atoms with Crippen LogP contribution in [-0.2, 0) is 25.6 Å². The number of methoxy groups -OCH3 is 1. The highest BCUT2D eigenvalue weighted by Gasteiger charge is 2.28. The van der Waals surface area contributed by atoms with Gasteiger partial charge in [0.25, 0.3) is 0 Å². The van der Waals surface area contributed by atoms with Gasteiger partial charge in [0.2, 0.25) is 11.8 Å². The van der Waals surface area contributed by atoms with Crippen LogP contribution in [0.25, 0.3) is 0 Å². The molecular weight excluding hydrogens is 316 g/mol. The average molecular weight is 340 g/mol. The molecule has 8 nitrogen and oxygen atoms in total. The average Bonchev–Trinajstić information content (AvgIpc) is 2.97. The summed E-state index contributed by atoms with van der Waals surface area (Å²) in [5, 5.41) is 0. The quantitative estimate of drug-likeness (QED) is 0.699. The number of amides is 1. The van der Waals surface area contributed by atoms with Gasteiger partial charge in [-0.3, -0.25) is 9.59 Å². The Kier molecular flexibility index (Phi) is 6.94. The highest BCUT2D eigenvalue weighted by molar-refractivity contribution is 5.86. The fourth-order valence-corrected chi connectivity index (χ4v) is 1.99. The summed E-state index contributed by atoms with van der Waals surface area (Å²) in [6, 6.07) is 0. The Balaban J connectivity index is 2.79. The summed E-state index contributed by atoms with van der Waals surface area (Å²) in [6.07, 6.45) is 1.23. The van der Waals surface area contributed by atoms with Crippen molar-refractivity contribution in [2.75, 3.05) is 13.7 Å². The Morgan fingerprint density at radius 1 is 1.25 bits per heavy atom. The van der Waals surface area contributed by atoms with Gasteiger partial charge in [0.1, 0.15) is 6.26 Å². The highest BCUT2D eigenvalue weighted by atomic mass is 16.5. The Bertz CT molecular complexity index is 588. The van der Waals surface area contributed by atoms with Crippen molar-refractivity contribution < 1.29 is 28.3 Å². The van der Waals surface area contributed by atoms with Crippen LogP contribution < -0.4 is 0 Å². The zero-order valence-electron chi connectivity index (χ0n) is 14.7. The molecule has 0 atom stereocenters. The third kappa shape index (κ3) is 5.68. The van der Waals surface area contributed by atoms with Crippen LogP contribution in [0.5, 0.6) is 0 Å². The first kappa shape index (κ1) is 19.7. The number of aromatic nitrogens is 1. The van der Waals surface area contributed by atoms with Gasteiger partial charge in [-0.2, -0.15) is 0 Å². The fraction of sp³-hybridized carbons (Fsp3) is 0.625. The van der Waals surface area contributed by atoms with E-state index in [9.17, 15) is 14.4 Å². The number of carbonyl (C=O) groups is 3. The Hall–Kier alpha value is -2.38. The van der Waals surface area contributed by atoms with E-state index in [1.165, 1.54) is 13.4 Å². The maximum atomic E-state index is 12.5. The summed E-state index contributed by atoms with van der Waals surface area (Å²) < 4.78 is 14.6. The first-order valence-electron chi connectivity index (χ1n) is 7.67. The summed E-state index contributed by atoms with van der Waals surface area (Å²) >= 11 is 0. The molecule has 0 aliphatic rings. The van der Waals surface area contributed by atoms with Crippen LogP contribution in [0.3, 0.4) is 0 Å². The van der Waals surface area contributed by atoms with Gasteiger partial charge in [0.15, 0.2) is 5.69 Å². The van der Waals surface area contributed by atoms with Crippen LogP contribution in [-0.4, -0.2) is 47.0 Å². The van der Waals surface area contributed by atoms with Crippen LogP contribution in [0.15, 0.2) is 10.7 Å². The number of hydrogen-bond donors (Lipinski definition) is 0. The normalized spacial score (nSPS) is 11.0. The molecule has 1 aromatic rings. The van der Waals surface area contributed by atoms with E-state index in [-0.39, 0.29) is 43.5 Å². The fourth-order valence-electron chi connectivity index (χ4n) is 1.99. The van der Waals surface area contributed by atoms with Gasteiger partial charge in [0.05, 0.1) is 26.7 Å². The molecular formula is C16H24N2O6. The number of nitrogens with zero attached hydrogens (tertiary/aromatic N) is 2. The predicted molar refractivity (Wildman–Crippen MR) is 84.0 cm³/mol. The summed E-state index contributed by atoms with van der Waals surface area (Å²) in [5.41, 5.74) is -0.466. The van der Waals surface area contributed by atoms with E-state index in [1.807, 2.05) is 20.8 Å². The maximum Gasteiger partial charge on any atom is 0.360 e. The van der Waals surface area contributed by atoms with Crippen LogP contribution in [0, 0.1) is 0 Å². The topological polar surface area (TPSA) is 98.9 Å². The van der Waals surface area contributed by atoms with Crippen molar-refractivity contribution in [2.24, 2.45) is 0 Å². The lowest BCUT2D eigenvalue weighted by Gasteiger charge is -2.34. The molecule has 0 unspecified atom stereocenters. The van der Waals surface area contributed by atoms with E-state index in [1.54, 1.807) is 11.8 Å². The van der Waals surface area contributed by atoms with Gasteiger partial charge in [-0.25, -0.2) is 9.78 Å². The zero-order valence-corrected chi connectivity index (χ0v) is 14.7. The molecule has 1 heterocycles. The molecule has 0 aliphatic heterocycles. The number of hydrogen-bond acceptors (Lipinski definition) is 7. The lowest BCUT2D eigenvalue weighted by molar-refractivity contribution is -0.147. The minimum atomic E-state index is -0.610. The minimum absolute atomic E-state index is 0.0122. The molecule has 0 spiro atoms. The van der Waals surface area contributed by atoms with Crippen molar-refractivity contribution in [3.63, 3.8) is 0 Å². The molecule has 134 valence electrons. The smallest absolute Gasteiger partial charge is 0.360 e. The highest BCUT2D eigenvalue weighted by Crippen LogP contribution is 2.19. The molecule has 24 heavy (non-hydrogen) atoms. The second-order valence-electron chi connectivity index (χ2n) is 6.07. The number of oxazole rings is 1. The van der Waals surface area contributed by atoms with Gasteiger partial charge in [0, 0.05) is 12.0 Å². The molecule has 0 saturated heterocycles. The van der Waals surface area contributed by atoms with E-state index >= 15 is 0 Å². The van der Waals surface area contributed by atoms with Gasteiger partial charge >= 0.3 is 11.9 Å². The van der Waals surface area contributed by atoms with Crippen LogP contribution in [0.2, 0.25) is 0 Å². The summed E-state index contributed by atoms with van der Waals surface area (Å²) in [4.78, 5) is 40.8. The second-order valence-corrected chi connectivity index (χ2v) is 6.07. The van der Waals surface area contributed by atoms with E-state index in [0.29, 0.717) is 0 Å². The molecule has 0 aliphatic carbocycles. The van der Waals surface area contributed by atoms with Gasteiger partial charge in [-0.1, -0.05) is 0 Å². The van der Waals surface area contributed by atoms with Crippen molar-refractivity contribution in [1.29, 1.82) is 0 Å². The van der Waals surface area contributed by atoms with E-state index in [2.05, 4.69) is 9.72 Å². The van der Waals surface area contributed by atoms with E-state index in [0.717, 1.165) is 0 Å². The Labute approximate surface area is 141 Å². The molecule has 0 N–H and O–H groups in total. The molecule has 0 aromatic carbocycles. The minimum Gasteiger partial charge on any atom is -0.466 e. The number of esters is 2. The second kappa shape index (κ2) is 8.47. The molecule has 1 amide bonds. The van der Waals surface area contributed by atoms with Crippen LogP contribution in [0.4, 0.5) is 0 Å². The van der Waals surface area contributed by atoms with Gasteiger partial charge < -0.3 is 18.8 Å². The SMILES string of the molecule is CCOC(=O)CCC(=O)N(Cc1nc(C(=O)OC)co1)C(C)(C)C. The summed E-state index contributed by atoms with van der Waals surface area (Å²) in [6.45, 7) is 7.66. The number of carbonyl (C=O) groups excluding carboxylic acids is 3. The Morgan fingerprint density at radius 3 is 2.46 bits per heavy atom. The molecule has 0 fully saturated rings. The first-order valence-corrected chi connectivity index (χ1v) is 7.67. The lowest BCUT2D eigenvalue weighted by atomic mass is 10.0. The molecule has 0 radical (unpaired) electrons. The summed E-state index contributed by atoms with van der Waals surface area (Å²) in [7, 11) is 1.25. The molecule has 8 heteroatoms. The molecule has 0 bridgehead atoms. The number of rotatable bonds is 7. The molecule has 0 saturated carbocycles. The first-order chi connectivity index (χ1) is 11.2. The standard InChI is InChI=1S/C16H24N2O6/c1-6-23-14(20)8-7-13(19)18(16(2,3)4)9-12-17-11(10-24-12)15(21)22-5/h10H,6-9H2,1-5H3. The van der Waals surface area contributed by atoms with E-state index < -0.39 is 17.5 Å². The third-order valence-electron chi connectivity index (χ3n) is 3.20. The largest absolute Gasteiger partial charge is 0.466 e. The van der Waals surface area contributed by atoms with Crippen LogP contribution >= 0.6 is 0 Å². The monoisotopic (exact) mass is 340 g/mol. The van der Waals surface area contributed by atoms with Gasteiger partial charge in [-0.15, -0.1) is 0 Å². The van der Waals surface area contributed by atoms with Crippen molar-refractivity contribution in [2.45, 2.75) is 52.6 Å². The van der Waals surface area contributed by atoms with Crippen LogP contribution in [0.1, 0.15) is 56.9 Å². The van der Waals surface area contributed by atoms with Crippen molar-refractivity contribution in [1.82, 2.24) is 9.88 Å². The Morgan fingerprint density at radius 2 is 1.92 bits per heavy atom. The maximum absolute atomic E-state index is 12.5. The molecule has 1 aromatic heterocycles. The van der Waals surface area contributed by atoms with E-state index in [4.69, 9.17) is 9.15 Å². The van der Waals surface area contributed by atoms with Gasteiger partial charge in [-0.05, 0) is 27.7 Å². The molecule has 1 rings (SSSR count). The van der Waals surface area contributed by atoms with Crippen molar-refractivity contribution in [3.8, 4) is 0 Å². The summed E-state index contributed by atoms with van der Waals surface area (Å²) in [5.74, 6) is -1.03. The van der Waals surface area contributed by atoms with Crippen molar-refractivity contribution >= 4 is 17.8 Å². The predicted octanol–water partition coefficient (Wildman–Crippen LogP) is 1.93. The van der Waals surface area contributed by atoms with Crippen molar-refractivity contribution in [3.05, 3.63) is 17.8 Å². The third-order valence-corrected chi connectivity index (χ3v) is 3.20. The lowest BCUT2D eigenvalue weighted by Crippen LogP contribution is -2.45.